The third-order valence-corrected chi connectivity index (χ3v) is 3.85. The summed E-state index contributed by atoms with van der Waals surface area (Å²) in [7, 11) is 4.00. The highest BCUT2D eigenvalue weighted by molar-refractivity contribution is 5.46. The van der Waals surface area contributed by atoms with Gasteiger partial charge in [-0.05, 0) is 24.1 Å². The van der Waals surface area contributed by atoms with E-state index in [2.05, 4.69) is 0 Å². The predicted molar refractivity (Wildman–Crippen MR) is 72.7 cm³/mol. The number of nitrogens with two attached hydrogens (primary N) is 1. The van der Waals surface area contributed by atoms with Crippen molar-refractivity contribution in [3.05, 3.63) is 29.8 Å². The van der Waals surface area contributed by atoms with Crippen LogP contribution in [0.2, 0.25) is 0 Å². The van der Waals surface area contributed by atoms with Crippen LogP contribution in [0.25, 0.3) is 0 Å². The van der Waals surface area contributed by atoms with Crippen LogP contribution in [-0.2, 0) is 4.74 Å². The van der Waals surface area contributed by atoms with Gasteiger partial charge < -0.3 is 20.5 Å². The molecule has 1 aromatic rings. The minimum absolute atomic E-state index is 0.320. The SMILES string of the molecule is CN(C)c1ccc(C(O)C2(CN)CCOC2)cc1. The number of aliphatic hydroxyl groups excluding tert-OH is 1. The zero-order valence-corrected chi connectivity index (χ0v) is 11.1. The molecule has 0 saturated carbocycles. The van der Waals surface area contributed by atoms with Gasteiger partial charge in [0.05, 0.1) is 12.7 Å². The zero-order valence-electron chi connectivity index (χ0n) is 11.1. The van der Waals surface area contributed by atoms with Crippen molar-refractivity contribution in [2.45, 2.75) is 12.5 Å². The van der Waals surface area contributed by atoms with E-state index in [1.807, 2.05) is 43.3 Å². The Morgan fingerprint density at radius 2 is 2.06 bits per heavy atom. The Balaban J connectivity index is 2.20. The second-order valence-corrected chi connectivity index (χ2v) is 5.26. The molecule has 4 heteroatoms. The molecule has 1 aliphatic rings. The monoisotopic (exact) mass is 250 g/mol. The van der Waals surface area contributed by atoms with Gasteiger partial charge in [-0.15, -0.1) is 0 Å². The lowest BCUT2D eigenvalue weighted by molar-refractivity contribution is 0.0191. The maximum atomic E-state index is 10.5. The molecule has 0 aliphatic carbocycles. The fourth-order valence-corrected chi connectivity index (χ4v) is 2.42. The number of ether oxygens (including phenoxy) is 1. The first-order valence-corrected chi connectivity index (χ1v) is 6.32. The van der Waals surface area contributed by atoms with E-state index in [1.165, 1.54) is 0 Å². The maximum Gasteiger partial charge on any atom is 0.0881 e. The van der Waals surface area contributed by atoms with E-state index in [-0.39, 0.29) is 5.41 Å². The fraction of sp³-hybridized carbons (Fsp3) is 0.571. The van der Waals surface area contributed by atoms with Gasteiger partial charge in [0.2, 0.25) is 0 Å². The zero-order chi connectivity index (χ0) is 13.2. The topological polar surface area (TPSA) is 58.7 Å². The average Bonchev–Trinajstić information content (AvgIpc) is 2.88. The molecule has 1 saturated heterocycles. The van der Waals surface area contributed by atoms with Gasteiger partial charge in [-0.2, -0.15) is 0 Å². The van der Waals surface area contributed by atoms with Gasteiger partial charge >= 0.3 is 0 Å². The lowest BCUT2D eigenvalue weighted by atomic mass is 9.78. The summed E-state index contributed by atoms with van der Waals surface area (Å²) in [6.07, 6.45) is 0.265. The molecule has 0 bridgehead atoms. The van der Waals surface area contributed by atoms with E-state index in [4.69, 9.17) is 10.5 Å². The van der Waals surface area contributed by atoms with Crippen LogP contribution in [0.1, 0.15) is 18.1 Å². The summed E-state index contributed by atoms with van der Waals surface area (Å²) in [5.74, 6) is 0. The third-order valence-electron chi connectivity index (χ3n) is 3.85. The normalized spacial score (nSPS) is 25.1. The summed E-state index contributed by atoms with van der Waals surface area (Å²) in [6, 6.07) is 7.96. The molecule has 0 radical (unpaired) electrons. The van der Waals surface area contributed by atoms with Crippen molar-refractivity contribution in [2.24, 2.45) is 11.1 Å². The summed E-state index contributed by atoms with van der Waals surface area (Å²) < 4.78 is 5.41. The number of benzene rings is 1. The standard InChI is InChI=1S/C14H22N2O2/c1-16(2)12-5-3-11(4-6-12)13(17)14(9-15)7-8-18-10-14/h3-6,13,17H,7-10,15H2,1-2H3. The summed E-state index contributed by atoms with van der Waals surface area (Å²) in [5, 5.41) is 10.5. The van der Waals surface area contributed by atoms with Gasteiger partial charge in [-0.3, -0.25) is 0 Å². The molecule has 0 spiro atoms. The van der Waals surface area contributed by atoms with Crippen molar-refractivity contribution in [1.29, 1.82) is 0 Å². The van der Waals surface area contributed by atoms with Crippen LogP contribution >= 0.6 is 0 Å². The van der Waals surface area contributed by atoms with E-state index in [0.717, 1.165) is 17.7 Å². The van der Waals surface area contributed by atoms with Gasteiger partial charge in [0.1, 0.15) is 0 Å². The van der Waals surface area contributed by atoms with Crippen molar-refractivity contribution in [1.82, 2.24) is 0 Å². The molecule has 4 nitrogen and oxygen atoms in total. The number of hydrogen-bond donors (Lipinski definition) is 2. The quantitative estimate of drug-likeness (QED) is 0.841. The van der Waals surface area contributed by atoms with Gasteiger partial charge in [0.25, 0.3) is 0 Å². The molecule has 2 unspecified atom stereocenters. The van der Waals surface area contributed by atoms with Gasteiger partial charge in [0, 0.05) is 38.3 Å². The van der Waals surface area contributed by atoms with Crippen LogP contribution in [0.3, 0.4) is 0 Å². The van der Waals surface area contributed by atoms with Crippen LogP contribution in [0.5, 0.6) is 0 Å². The van der Waals surface area contributed by atoms with E-state index in [9.17, 15) is 5.11 Å². The summed E-state index contributed by atoms with van der Waals surface area (Å²) >= 11 is 0. The van der Waals surface area contributed by atoms with Gasteiger partial charge in [-0.1, -0.05) is 12.1 Å². The molecule has 2 atom stereocenters. The summed E-state index contributed by atoms with van der Waals surface area (Å²) in [4.78, 5) is 2.04. The number of hydrogen-bond acceptors (Lipinski definition) is 4. The second kappa shape index (κ2) is 5.26. The molecule has 100 valence electrons. The second-order valence-electron chi connectivity index (χ2n) is 5.26. The smallest absolute Gasteiger partial charge is 0.0881 e. The molecule has 3 N–H and O–H groups in total. The minimum atomic E-state index is -0.554. The largest absolute Gasteiger partial charge is 0.388 e. The Kier molecular flexibility index (Phi) is 3.90. The maximum absolute atomic E-state index is 10.5. The first-order chi connectivity index (χ1) is 8.59. The van der Waals surface area contributed by atoms with Crippen LogP contribution in [0.15, 0.2) is 24.3 Å². The average molecular weight is 250 g/mol. The van der Waals surface area contributed by atoms with E-state index >= 15 is 0 Å². The van der Waals surface area contributed by atoms with Gasteiger partial charge in [-0.25, -0.2) is 0 Å². The summed E-state index contributed by atoms with van der Waals surface area (Å²) in [5.41, 5.74) is 7.55. The van der Waals surface area contributed by atoms with Crippen LogP contribution in [-0.4, -0.2) is 39.0 Å². The molecule has 1 aliphatic heterocycles. The van der Waals surface area contributed by atoms with E-state index in [0.29, 0.717) is 19.8 Å². The highest BCUT2D eigenvalue weighted by atomic mass is 16.5. The number of rotatable bonds is 4. The minimum Gasteiger partial charge on any atom is -0.388 e. The van der Waals surface area contributed by atoms with Crippen LogP contribution in [0, 0.1) is 5.41 Å². The van der Waals surface area contributed by atoms with Crippen molar-refractivity contribution in [2.75, 3.05) is 38.8 Å². The van der Waals surface area contributed by atoms with Gasteiger partial charge in [0.15, 0.2) is 0 Å². The highest BCUT2D eigenvalue weighted by Gasteiger charge is 2.41. The molecule has 0 aromatic heterocycles. The van der Waals surface area contributed by atoms with Crippen molar-refractivity contribution < 1.29 is 9.84 Å². The van der Waals surface area contributed by atoms with E-state index < -0.39 is 6.10 Å². The Morgan fingerprint density at radius 3 is 2.50 bits per heavy atom. The van der Waals surface area contributed by atoms with E-state index in [1.54, 1.807) is 0 Å². The number of nitrogens with zero attached hydrogens (tertiary/aromatic N) is 1. The van der Waals surface area contributed by atoms with Crippen molar-refractivity contribution in [3.63, 3.8) is 0 Å². The Morgan fingerprint density at radius 1 is 1.39 bits per heavy atom. The molecule has 18 heavy (non-hydrogen) atoms. The molecule has 2 rings (SSSR count). The molecule has 1 aromatic carbocycles. The summed E-state index contributed by atoms with van der Waals surface area (Å²) in [6.45, 7) is 1.67. The lowest BCUT2D eigenvalue weighted by Crippen LogP contribution is -2.37. The van der Waals surface area contributed by atoms with Crippen molar-refractivity contribution in [3.8, 4) is 0 Å². The third kappa shape index (κ3) is 2.36. The van der Waals surface area contributed by atoms with Crippen LogP contribution in [0.4, 0.5) is 5.69 Å². The highest BCUT2D eigenvalue weighted by Crippen LogP contribution is 2.40. The Labute approximate surface area is 108 Å². The predicted octanol–water partition coefficient (Wildman–Crippen LogP) is 1.15. The number of aliphatic hydroxyl groups is 1. The molecule has 1 fully saturated rings. The van der Waals surface area contributed by atoms with Crippen LogP contribution < -0.4 is 10.6 Å². The molecular weight excluding hydrogens is 228 g/mol. The Bertz CT molecular complexity index is 383. The van der Waals surface area contributed by atoms with Crippen molar-refractivity contribution >= 4 is 5.69 Å². The molecular formula is C14H22N2O2. The molecule has 1 heterocycles. The first-order valence-electron chi connectivity index (χ1n) is 6.32. The first kappa shape index (κ1) is 13.3. The molecule has 0 amide bonds. The number of anilines is 1. The lowest BCUT2D eigenvalue weighted by Gasteiger charge is -2.31. The Hall–Kier alpha value is -1.10. The fourth-order valence-electron chi connectivity index (χ4n) is 2.42.